The number of hydrogen-bond donors (Lipinski definition) is 1. The van der Waals surface area contributed by atoms with Crippen LogP contribution in [0.3, 0.4) is 0 Å². The van der Waals surface area contributed by atoms with E-state index >= 15 is 0 Å². The van der Waals surface area contributed by atoms with E-state index < -0.39 is 6.09 Å². The molecule has 0 saturated heterocycles. The quantitative estimate of drug-likeness (QED) is 0.349. The topological polar surface area (TPSA) is 83.7 Å². The summed E-state index contributed by atoms with van der Waals surface area (Å²) in [5, 5.41) is 19.2. The minimum Gasteiger partial charge on any atom is -0.475 e. The van der Waals surface area contributed by atoms with Gasteiger partial charge in [-0.2, -0.15) is 10.2 Å². The lowest BCUT2D eigenvalue weighted by molar-refractivity contribution is 0.140. The Morgan fingerprint density at radius 3 is 2.44 bits per heavy atom. The first kappa shape index (κ1) is 20.4. The lowest BCUT2D eigenvalue weighted by atomic mass is 10.1. The van der Waals surface area contributed by atoms with Gasteiger partial charge < -0.3 is 9.47 Å². The smallest absolute Gasteiger partial charge is 0.438 e. The second-order valence-electron chi connectivity index (χ2n) is 5.51. The van der Waals surface area contributed by atoms with Crippen LogP contribution in [0.2, 0.25) is 5.02 Å². The van der Waals surface area contributed by atoms with Gasteiger partial charge in [-0.25, -0.2) is 4.79 Å². The molecule has 0 aliphatic heterocycles. The predicted molar refractivity (Wildman–Crippen MR) is 105 cm³/mol. The highest BCUT2D eigenvalue weighted by atomic mass is 35.5. The third-order valence-corrected chi connectivity index (χ3v) is 3.86. The summed E-state index contributed by atoms with van der Waals surface area (Å²) in [6.45, 7) is 3.59. The van der Waals surface area contributed by atoms with Gasteiger partial charge >= 0.3 is 6.09 Å². The molecule has 8 heteroatoms. The monoisotopic (exact) mass is 389 g/mol. The van der Waals surface area contributed by atoms with Crippen molar-refractivity contribution in [2.75, 3.05) is 12.2 Å². The van der Waals surface area contributed by atoms with Gasteiger partial charge in [0.25, 0.3) is 0 Å². The standard InChI is InChI=1S/C19H20ClN3O4/c1-13(15-8-10-17(20)11-9-15)21-22-14(2)27-12-16-6-4-5-7-18(16)23(25)19(24)26-3/h4-11,25H,12H2,1-3H3/b21-13+,22-14+. The Labute approximate surface area is 162 Å². The Morgan fingerprint density at radius 2 is 1.78 bits per heavy atom. The van der Waals surface area contributed by atoms with Gasteiger partial charge in [-0.15, -0.1) is 5.10 Å². The molecule has 1 N–H and O–H groups in total. The third-order valence-electron chi connectivity index (χ3n) is 3.61. The molecule has 1 amide bonds. The molecule has 27 heavy (non-hydrogen) atoms. The normalized spacial score (nSPS) is 11.9. The summed E-state index contributed by atoms with van der Waals surface area (Å²) in [5.74, 6) is 0.334. The van der Waals surface area contributed by atoms with Crippen molar-refractivity contribution in [1.82, 2.24) is 0 Å². The zero-order chi connectivity index (χ0) is 19.8. The van der Waals surface area contributed by atoms with Crippen LogP contribution in [-0.2, 0) is 16.1 Å². The molecule has 0 aromatic heterocycles. The second-order valence-corrected chi connectivity index (χ2v) is 5.95. The number of para-hydroxylation sites is 1. The number of carbonyl (C=O) groups excluding carboxylic acids is 1. The lowest BCUT2D eigenvalue weighted by Gasteiger charge is -2.17. The van der Waals surface area contributed by atoms with Gasteiger partial charge in [-0.1, -0.05) is 41.9 Å². The summed E-state index contributed by atoms with van der Waals surface area (Å²) < 4.78 is 10.1. The maximum absolute atomic E-state index is 11.5. The number of rotatable bonds is 5. The Morgan fingerprint density at radius 1 is 1.11 bits per heavy atom. The second kappa shape index (κ2) is 9.70. The van der Waals surface area contributed by atoms with E-state index in [0.29, 0.717) is 27.3 Å². The fourth-order valence-electron chi connectivity index (χ4n) is 2.13. The molecule has 2 rings (SSSR count). The predicted octanol–water partition coefficient (Wildman–Crippen LogP) is 4.66. The first-order valence-corrected chi connectivity index (χ1v) is 8.42. The molecule has 7 nitrogen and oxygen atoms in total. The molecule has 0 radical (unpaired) electrons. The SMILES string of the molecule is COC(=O)N(O)c1ccccc1CO/C(C)=N/N=C(\C)c1ccc(Cl)cc1. The molecule has 0 aliphatic rings. The molecule has 0 saturated carbocycles. The van der Waals surface area contributed by atoms with Crippen molar-refractivity contribution in [2.45, 2.75) is 20.5 Å². The van der Waals surface area contributed by atoms with Gasteiger partial charge in [0, 0.05) is 17.5 Å². The number of halogens is 1. The maximum Gasteiger partial charge on any atom is 0.438 e. The van der Waals surface area contributed by atoms with Crippen LogP contribution < -0.4 is 5.06 Å². The lowest BCUT2D eigenvalue weighted by Crippen LogP contribution is -2.27. The molecule has 2 aromatic rings. The molecule has 0 heterocycles. The minimum atomic E-state index is -0.893. The van der Waals surface area contributed by atoms with Crippen molar-refractivity contribution in [3.63, 3.8) is 0 Å². The van der Waals surface area contributed by atoms with E-state index in [1.54, 1.807) is 43.3 Å². The fourth-order valence-corrected chi connectivity index (χ4v) is 2.26. The van der Waals surface area contributed by atoms with Crippen LogP contribution in [0.4, 0.5) is 10.5 Å². The van der Waals surface area contributed by atoms with Crippen LogP contribution in [0.1, 0.15) is 25.0 Å². The van der Waals surface area contributed by atoms with Gasteiger partial charge in [0.15, 0.2) is 0 Å². The van der Waals surface area contributed by atoms with E-state index in [0.717, 1.165) is 5.56 Å². The Hall–Kier alpha value is -2.90. The van der Waals surface area contributed by atoms with E-state index in [-0.39, 0.29) is 12.3 Å². The molecule has 0 bridgehead atoms. The number of amides is 1. The molecular formula is C19H20ClN3O4. The molecule has 2 aromatic carbocycles. The van der Waals surface area contributed by atoms with Gasteiger partial charge in [-0.05, 0) is 30.7 Å². The van der Waals surface area contributed by atoms with Crippen LogP contribution in [0.15, 0.2) is 58.7 Å². The molecule has 0 unspecified atom stereocenters. The summed E-state index contributed by atoms with van der Waals surface area (Å²) in [7, 11) is 1.18. The van der Waals surface area contributed by atoms with Crippen LogP contribution >= 0.6 is 11.6 Å². The average Bonchev–Trinajstić information content (AvgIpc) is 2.70. The van der Waals surface area contributed by atoms with Gasteiger partial charge in [0.1, 0.15) is 6.61 Å². The fraction of sp³-hybridized carbons (Fsp3) is 0.211. The van der Waals surface area contributed by atoms with Crippen LogP contribution in [-0.4, -0.2) is 30.0 Å². The van der Waals surface area contributed by atoms with Gasteiger partial charge in [0.2, 0.25) is 5.90 Å². The average molecular weight is 390 g/mol. The highest BCUT2D eigenvalue weighted by molar-refractivity contribution is 6.30. The van der Waals surface area contributed by atoms with Crippen molar-refractivity contribution < 1.29 is 19.5 Å². The van der Waals surface area contributed by atoms with Crippen molar-refractivity contribution in [3.8, 4) is 0 Å². The zero-order valence-electron chi connectivity index (χ0n) is 15.2. The summed E-state index contributed by atoms with van der Waals surface area (Å²) in [5.41, 5.74) is 2.45. The summed E-state index contributed by atoms with van der Waals surface area (Å²) >= 11 is 5.87. The number of hydrogen-bond acceptors (Lipinski definition) is 6. The Bertz CT molecular complexity index is 850. The maximum atomic E-state index is 11.5. The van der Waals surface area contributed by atoms with E-state index in [9.17, 15) is 10.0 Å². The number of hydroxylamine groups is 1. The van der Waals surface area contributed by atoms with E-state index in [4.69, 9.17) is 16.3 Å². The van der Waals surface area contributed by atoms with Crippen molar-refractivity contribution in [3.05, 3.63) is 64.7 Å². The number of nitrogens with zero attached hydrogens (tertiary/aromatic N) is 3. The van der Waals surface area contributed by atoms with E-state index in [1.165, 1.54) is 7.11 Å². The van der Waals surface area contributed by atoms with Gasteiger partial charge in [-0.3, -0.25) is 5.21 Å². The number of carbonyl (C=O) groups is 1. The van der Waals surface area contributed by atoms with Crippen LogP contribution in [0, 0.1) is 0 Å². The number of anilines is 1. The first-order valence-electron chi connectivity index (χ1n) is 8.04. The van der Waals surface area contributed by atoms with E-state index in [2.05, 4.69) is 14.9 Å². The van der Waals surface area contributed by atoms with E-state index in [1.807, 2.05) is 19.1 Å². The molecule has 0 atom stereocenters. The van der Waals surface area contributed by atoms with Crippen LogP contribution in [0.25, 0.3) is 0 Å². The Balaban J connectivity index is 2.06. The highest BCUT2D eigenvalue weighted by Crippen LogP contribution is 2.20. The largest absolute Gasteiger partial charge is 0.475 e. The highest BCUT2D eigenvalue weighted by Gasteiger charge is 2.17. The summed E-state index contributed by atoms with van der Waals surface area (Å²) in [6, 6.07) is 14.0. The molecule has 0 spiro atoms. The molecule has 142 valence electrons. The van der Waals surface area contributed by atoms with Crippen LogP contribution in [0.5, 0.6) is 0 Å². The number of benzene rings is 2. The van der Waals surface area contributed by atoms with Crippen molar-refractivity contribution in [2.24, 2.45) is 10.2 Å². The first-order chi connectivity index (χ1) is 12.9. The molecule has 0 fully saturated rings. The summed E-state index contributed by atoms with van der Waals surface area (Å²) in [4.78, 5) is 11.5. The Kier molecular flexibility index (Phi) is 7.34. The number of ether oxygens (including phenoxy) is 2. The molecule has 0 aliphatic carbocycles. The number of methoxy groups -OCH3 is 1. The van der Waals surface area contributed by atoms with Crippen molar-refractivity contribution >= 4 is 35.0 Å². The minimum absolute atomic E-state index is 0.0923. The third kappa shape index (κ3) is 5.80. The van der Waals surface area contributed by atoms with Gasteiger partial charge in [0.05, 0.1) is 18.5 Å². The molecular weight excluding hydrogens is 370 g/mol. The zero-order valence-corrected chi connectivity index (χ0v) is 16.0. The van der Waals surface area contributed by atoms with Crippen molar-refractivity contribution in [1.29, 1.82) is 0 Å². The summed E-state index contributed by atoms with van der Waals surface area (Å²) in [6.07, 6.45) is -0.893.